The van der Waals surface area contributed by atoms with Gasteiger partial charge in [0, 0.05) is 0 Å². The molecule has 0 bridgehead atoms. The number of aliphatic hydroxyl groups excluding tert-OH is 4. The molecule has 4 N–H and O–H groups in total. The van der Waals surface area contributed by atoms with Gasteiger partial charge >= 0.3 is 0 Å². The Hall–Kier alpha value is -1.18. The van der Waals surface area contributed by atoms with Crippen LogP contribution >= 0.6 is 0 Å². The van der Waals surface area contributed by atoms with Crippen LogP contribution in [0.5, 0.6) is 5.75 Å². The monoisotopic (exact) mass is 340 g/mol. The van der Waals surface area contributed by atoms with Crippen LogP contribution in [0.25, 0.3) is 0 Å². The van der Waals surface area contributed by atoms with Gasteiger partial charge in [0.25, 0.3) is 0 Å². The molecule has 2 rings (SSSR count). The number of para-hydroxylation sites is 1. The van der Waals surface area contributed by atoms with Crippen LogP contribution in [0.4, 0.5) is 0 Å². The van der Waals surface area contributed by atoms with Gasteiger partial charge in [-0.3, -0.25) is 0 Å². The van der Waals surface area contributed by atoms with Gasteiger partial charge in [-0.25, -0.2) is 0 Å². The quantitative estimate of drug-likeness (QED) is 0.527. The molecule has 6 nitrogen and oxygen atoms in total. The molecule has 24 heavy (non-hydrogen) atoms. The minimum absolute atomic E-state index is 0.469. The minimum Gasteiger partial charge on any atom is -0.462 e. The van der Waals surface area contributed by atoms with E-state index >= 15 is 0 Å². The van der Waals surface area contributed by atoms with E-state index in [1.54, 1.807) is 6.07 Å². The first-order valence-electron chi connectivity index (χ1n) is 8.63. The van der Waals surface area contributed by atoms with E-state index in [-0.39, 0.29) is 0 Å². The Morgan fingerprint density at radius 1 is 1.00 bits per heavy atom. The summed E-state index contributed by atoms with van der Waals surface area (Å²) in [6.45, 7) is 1.69. The molecular weight excluding hydrogens is 312 g/mol. The first-order chi connectivity index (χ1) is 11.6. The highest BCUT2D eigenvalue weighted by atomic mass is 16.7. The molecule has 0 spiro atoms. The smallest absolute Gasteiger partial charge is 0.229 e. The zero-order valence-corrected chi connectivity index (χ0v) is 14.0. The molecule has 1 aromatic rings. The predicted molar refractivity (Wildman–Crippen MR) is 88.7 cm³/mol. The van der Waals surface area contributed by atoms with Crippen molar-refractivity contribution >= 4 is 0 Å². The van der Waals surface area contributed by atoms with E-state index in [0.717, 1.165) is 24.8 Å². The van der Waals surface area contributed by atoms with Crippen molar-refractivity contribution < 1.29 is 29.9 Å². The lowest BCUT2D eigenvalue weighted by molar-refractivity contribution is -0.277. The van der Waals surface area contributed by atoms with Crippen LogP contribution in [-0.2, 0) is 11.2 Å². The molecule has 0 saturated carbocycles. The zero-order valence-electron chi connectivity index (χ0n) is 14.0. The van der Waals surface area contributed by atoms with E-state index in [1.165, 1.54) is 12.8 Å². The van der Waals surface area contributed by atoms with E-state index in [0.29, 0.717) is 5.75 Å². The molecule has 1 fully saturated rings. The topological polar surface area (TPSA) is 99.4 Å². The molecule has 5 atom stereocenters. The summed E-state index contributed by atoms with van der Waals surface area (Å²) in [5.74, 6) is 0.582. The summed E-state index contributed by atoms with van der Waals surface area (Å²) in [6.07, 6.45) is -0.912. The number of benzene rings is 1. The Morgan fingerprint density at radius 3 is 2.46 bits per heavy atom. The fraction of sp³-hybridized carbons (Fsp3) is 0.667. The molecule has 1 aliphatic rings. The van der Waals surface area contributed by atoms with Crippen LogP contribution < -0.4 is 4.74 Å². The number of unbranched alkanes of at least 4 members (excludes halogenated alkanes) is 3. The minimum atomic E-state index is -1.43. The van der Waals surface area contributed by atoms with Crippen LogP contribution in [0.15, 0.2) is 24.3 Å². The SMILES string of the molecule is CCCCCCc1ccccc1O[C@@H]1O[C@H](CO)[C@H](O)[C@@H](O)[C@H]1O. The lowest BCUT2D eigenvalue weighted by Gasteiger charge is -2.39. The standard InChI is InChI=1S/C18H28O6/c1-2-3-4-5-8-12-9-6-7-10-13(12)23-18-17(22)16(21)15(20)14(11-19)24-18/h6-7,9-10,14-22H,2-5,8,11H2,1H3/t14-,15+,16-,17-,18-/m1/s1. The molecule has 1 saturated heterocycles. The van der Waals surface area contributed by atoms with E-state index < -0.39 is 37.3 Å². The lowest BCUT2D eigenvalue weighted by atomic mass is 9.99. The molecule has 0 aromatic heterocycles. The summed E-state index contributed by atoms with van der Waals surface area (Å²) >= 11 is 0. The van der Waals surface area contributed by atoms with E-state index in [1.807, 2.05) is 18.2 Å². The average molecular weight is 340 g/mol. The molecule has 0 unspecified atom stereocenters. The van der Waals surface area contributed by atoms with Gasteiger partial charge in [0.05, 0.1) is 6.61 Å². The number of hydrogen-bond donors (Lipinski definition) is 4. The first-order valence-corrected chi connectivity index (χ1v) is 8.63. The van der Waals surface area contributed by atoms with Gasteiger partial charge in [0.15, 0.2) is 0 Å². The fourth-order valence-corrected chi connectivity index (χ4v) is 2.86. The summed E-state index contributed by atoms with van der Waals surface area (Å²) in [7, 11) is 0. The molecule has 136 valence electrons. The number of aliphatic hydroxyl groups is 4. The largest absolute Gasteiger partial charge is 0.462 e. The van der Waals surface area contributed by atoms with Crippen molar-refractivity contribution in [3.05, 3.63) is 29.8 Å². The highest BCUT2D eigenvalue weighted by Crippen LogP contribution is 2.27. The van der Waals surface area contributed by atoms with Crippen molar-refractivity contribution in [1.29, 1.82) is 0 Å². The Balaban J connectivity index is 2.04. The van der Waals surface area contributed by atoms with Crippen molar-refractivity contribution in [2.75, 3.05) is 6.61 Å². The maximum atomic E-state index is 10.1. The summed E-state index contributed by atoms with van der Waals surface area (Å²) < 4.78 is 11.2. The normalized spacial score (nSPS) is 30.3. The molecule has 0 amide bonds. The highest BCUT2D eigenvalue weighted by molar-refractivity contribution is 5.33. The van der Waals surface area contributed by atoms with E-state index in [9.17, 15) is 20.4 Å². The van der Waals surface area contributed by atoms with Gasteiger partial charge in [0.2, 0.25) is 6.29 Å². The van der Waals surface area contributed by atoms with E-state index in [4.69, 9.17) is 9.47 Å². The number of rotatable bonds is 8. The van der Waals surface area contributed by atoms with Crippen molar-refractivity contribution in [3.63, 3.8) is 0 Å². The molecule has 1 heterocycles. The zero-order chi connectivity index (χ0) is 17.5. The third-order valence-electron chi connectivity index (χ3n) is 4.36. The lowest BCUT2D eigenvalue weighted by Crippen LogP contribution is -2.60. The Kier molecular flexibility index (Phi) is 7.45. The van der Waals surface area contributed by atoms with E-state index in [2.05, 4.69) is 6.92 Å². The van der Waals surface area contributed by atoms with Crippen LogP contribution in [0.2, 0.25) is 0 Å². The second-order valence-corrected chi connectivity index (χ2v) is 6.23. The van der Waals surface area contributed by atoms with Crippen LogP contribution in [0, 0.1) is 0 Å². The molecule has 0 aliphatic carbocycles. The van der Waals surface area contributed by atoms with Crippen molar-refractivity contribution in [2.24, 2.45) is 0 Å². The van der Waals surface area contributed by atoms with Crippen LogP contribution in [0.3, 0.4) is 0 Å². The number of aryl methyl sites for hydroxylation is 1. The third kappa shape index (κ3) is 4.68. The van der Waals surface area contributed by atoms with Crippen LogP contribution in [-0.4, -0.2) is 57.7 Å². The summed E-state index contributed by atoms with van der Waals surface area (Å²) in [5.41, 5.74) is 1.01. The maximum absolute atomic E-state index is 10.1. The highest BCUT2D eigenvalue weighted by Gasteiger charge is 2.44. The van der Waals surface area contributed by atoms with Gasteiger partial charge in [-0.15, -0.1) is 0 Å². The molecule has 1 aromatic carbocycles. The first kappa shape index (κ1) is 19.1. The summed E-state index contributed by atoms with van der Waals surface area (Å²) in [5, 5.41) is 39.0. The van der Waals surface area contributed by atoms with Crippen molar-refractivity contribution in [1.82, 2.24) is 0 Å². The Morgan fingerprint density at radius 2 is 1.75 bits per heavy atom. The van der Waals surface area contributed by atoms with Gasteiger partial charge in [-0.05, 0) is 24.5 Å². The Bertz CT molecular complexity index is 492. The summed E-state index contributed by atoms with van der Waals surface area (Å²) in [6, 6.07) is 7.51. The average Bonchev–Trinajstić information content (AvgIpc) is 2.60. The van der Waals surface area contributed by atoms with Crippen molar-refractivity contribution in [2.45, 2.75) is 69.7 Å². The number of ether oxygens (including phenoxy) is 2. The second kappa shape index (κ2) is 9.34. The summed E-state index contributed by atoms with van der Waals surface area (Å²) in [4.78, 5) is 0. The molecule has 6 heteroatoms. The second-order valence-electron chi connectivity index (χ2n) is 6.23. The number of hydrogen-bond acceptors (Lipinski definition) is 6. The Labute approximate surface area is 142 Å². The molecule has 1 aliphatic heterocycles. The predicted octanol–water partition coefficient (Wildman–Crippen LogP) is 0.988. The van der Waals surface area contributed by atoms with Crippen molar-refractivity contribution in [3.8, 4) is 5.75 Å². The van der Waals surface area contributed by atoms with Gasteiger partial charge in [0.1, 0.15) is 30.2 Å². The van der Waals surface area contributed by atoms with Gasteiger partial charge < -0.3 is 29.9 Å². The maximum Gasteiger partial charge on any atom is 0.229 e. The van der Waals surface area contributed by atoms with Crippen LogP contribution in [0.1, 0.15) is 38.2 Å². The fourth-order valence-electron chi connectivity index (χ4n) is 2.86. The molecule has 0 radical (unpaired) electrons. The van der Waals surface area contributed by atoms with Gasteiger partial charge in [-0.1, -0.05) is 44.4 Å². The van der Waals surface area contributed by atoms with Gasteiger partial charge in [-0.2, -0.15) is 0 Å². The third-order valence-corrected chi connectivity index (χ3v) is 4.36. The molecular formula is C18H28O6.